The highest BCUT2D eigenvalue weighted by Crippen LogP contribution is 2.15. The van der Waals surface area contributed by atoms with Crippen LogP contribution < -0.4 is 5.32 Å². The second kappa shape index (κ2) is 4.83. The van der Waals surface area contributed by atoms with Crippen LogP contribution in [-0.2, 0) is 6.54 Å². The van der Waals surface area contributed by atoms with Crippen molar-refractivity contribution in [2.75, 3.05) is 6.54 Å². The number of benzene rings is 1. The molecular formula is C13H17N. The molecule has 0 heterocycles. The van der Waals surface area contributed by atoms with Crippen LogP contribution in [0.25, 0.3) is 0 Å². The third-order valence-corrected chi connectivity index (χ3v) is 2.37. The van der Waals surface area contributed by atoms with Crippen LogP contribution in [0.3, 0.4) is 0 Å². The first-order valence-electron chi connectivity index (χ1n) is 4.86. The Labute approximate surface area is 86.5 Å². The van der Waals surface area contributed by atoms with Crippen molar-refractivity contribution in [3.63, 3.8) is 0 Å². The lowest BCUT2D eigenvalue weighted by atomic mass is 10.00. The van der Waals surface area contributed by atoms with Gasteiger partial charge < -0.3 is 5.32 Å². The average molecular weight is 187 g/mol. The van der Waals surface area contributed by atoms with Crippen LogP contribution in [0.15, 0.2) is 12.1 Å². The zero-order valence-electron chi connectivity index (χ0n) is 9.15. The van der Waals surface area contributed by atoms with Crippen LogP contribution in [0.5, 0.6) is 0 Å². The summed E-state index contributed by atoms with van der Waals surface area (Å²) in [7, 11) is 0. The zero-order valence-corrected chi connectivity index (χ0v) is 9.15. The van der Waals surface area contributed by atoms with Crippen molar-refractivity contribution in [3.05, 3.63) is 34.4 Å². The van der Waals surface area contributed by atoms with Crippen LogP contribution >= 0.6 is 0 Å². The third kappa shape index (κ3) is 2.61. The highest BCUT2D eigenvalue weighted by atomic mass is 14.8. The largest absolute Gasteiger partial charge is 0.302 e. The first-order valence-corrected chi connectivity index (χ1v) is 4.86. The summed E-state index contributed by atoms with van der Waals surface area (Å²) in [6.45, 7) is 7.91. The molecule has 14 heavy (non-hydrogen) atoms. The van der Waals surface area contributed by atoms with Gasteiger partial charge >= 0.3 is 0 Å². The van der Waals surface area contributed by atoms with Crippen LogP contribution in [0.2, 0.25) is 0 Å². The summed E-state index contributed by atoms with van der Waals surface area (Å²) >= 11 is 0. The second-order valence-corrected chi connectivity index (χ2v) is 3.68. The van der Waals surface area contributed by atoms with E-state index in [1.807, 2.05) is 0 Å². The SMILES string of the molecule is C#CCNCc1c(C)cc(C)cc1C. The van der Waals surface area contributed by atoms with Crippen molar-refractivity contribution in [3.8, 4) is 12.3 Å². The molecule has 0 aliphatic rings. The summed E-state index contributed by atoms with van der Waals surface area (Å²) in [6.07, 6.45) is 5.18. The minimum atomic E-state index is 0.632. The Hall–Kier alpha value is -1.26. The Kier molecular flexibility index (Phi) is 3.73. The number of nitrogens with one attached hydrogen (secondary N) is 1. The lowest BCUT2D eigenvalue weighted by Crippen LogP contribution is -2.15. The van der Waals surface area contributed by atoms with Crippen LogP contribution in [0.4, 0.5) is 0 Å². The molecule has 0 aromatic heterocycles. The minimum Gasteiger partial charge on any atom is -0.302 e. The molecule has 1 rings (SSSR count). The molecule has 0 saturated carbocycles. The molecule has 0 unspecified atom stereocenters. The number of hydrogen-bond donors (Lipinski definition) is 1. The quantitative estimate of drug-likeness (QED) is 0.565. The molecule has 1 aromatic carbocycles. The fraction of sp³-hybridized carbons (Fsp3) is 0.385. The number of aryl methyl sites for hydroxylation is 3. The standard InChI is InChI=1S/C13H17N/c1-5-6-14-9-13-11(3)7-10(2)8-12(13)4/h1,7-8,14H,6,9H2,2-4H3. The van der Waals surface area contributed by atoms with Gasteiger partial charge in [0.05, 0.1) is 6.54 Å². The third-order valence-electron chi connectivity index (χ3n) is 2.37. The number of terminal acetylenes is 1. The van der Waals surface area contributed by atoms with Crippen molar-refractivity contribution in [1.82, 2.24) is 5.32 Å². The minimum absolute atomic E-state index is 0.632. The summed E-state index contributed by atoms with van der Waals surface area (Å²) in [5.41, 5.74) is 5.37. The monoisotopic (exact) mass is 187 g/mol. The molecule has 1 N–H and O–H groups in total. The Balaban J connectivity index is 2.81. The molecule has 0 saturated heterocycles. The van der Waals surface area contributed by atoms with E-state index >= 15 is 0 Å². The smallest absolute Gasteiger partial charge is 0.0576 e. The Morgan fingerprint density at radius 1 is 1.21 bits per heavy atom. The summed E-state index contributed by atoms with van der Waals surface area (Å²) in [5, 5.41) is 3.22. The number of rotatable bonds is 3. The molecule has 1 heteroatoms. The van der Waals surface area contributed by atoms with Crippen LogP contribution in [-0.4, -0.2) is 6.54 Å². The van der Waals surface area contributed by atoms with Gasteiger partial charge in [-0.25, -0.2) is 0 Å². The van der Waals surface area contributed by atoms with E-state index in [9.17, 15) is 0 Å². The average Bonchev–Trinajstić information content (AvgIpc) is 2.09. The van der Waals surface area contributed by atoms with Gasteiger partial charge in [-0.15, -0.1) is 6.42 Å². The molecule has 0 bridgehead atoms. The van der Waals surface area contributed by atoms with Gasteiger partial charge in [0.15, 0.2) is 0 Å². The second-order valence-electron chi connectivity index (χ2n) is 3.68. The zero-order chi connectivity index (χ0) is 10.6. The van der Waals surface area contributed by atoms with Gasteiger partial charge in [-0.2, -0.15) is 0 Å². The van der Waals surface area contributed by atoms with Gasteiger partial charge in [0.25, 0.3) is 0 Å². The maximum absolute atomic E-state index is 5.18. The van der Waals surface area contributed by atoms with Gasteiger partial charge in [-0.05, 0) is 37.5 Å². The van der Waals surface area contributed by atoms with E-state index in [-0.39, 0.29) is 0 Å². The normalized spacial score (nSPS) is 9.86. The Morgan fingerprint density at radius 2 is 1.79 bits per heavy atom. The Morgan fingerprint density at radius 3 is 2.29 bits per heavy atom. The van der Waals surface area contributed by atoms with Gasteiger partial charge in [0, 0.05) is 6.54 Å². The van der Waals surface area contributed by atoms with E-state index in [0.717, 1.165) is 6.54 Å². The van der Waals surface area contributed by atoms with E-state index in [4.69, 9.17) is 6.42 Å². The first kappa shape index (κ1) is 10.8. The molecule has 0 radical (unpaired) electrons. The summed E-state index contributed by atoms with van der Waals surface area (Å²) < 4.78 is 0. The van der Waals surface area contributed by atoms with Crippen molar-refractivity contribution in [2.24, 2.45) is 0 Å². The van der Waals surface area contributed by atoms with E-state index in [0.29, 0.717) is 6.54 Å². The molecule has 74 valence electrons. The molecule has 0 aliphatic heterocycles. The lowest BCUT2D eigenvalue weighted by molar-refractivity contribution is 0.761. The fourth-order valence-corrected chi connectivity index (χ4v) is 1.75. The lowest BCUT2D eigenvalue weighted by Gasteiger charge is -2.11. The van der Waals surface area contributed by atoms with E-state index in [1.165, 1.54) is 22.3 Å². The molecule has 0 amide bonds. The van der Waals surface area contributed by atoms with E-state index < -0.39 is 0 Å². The van der Waals surface area contributed by atoms with Crippen molar-refractivity contribution >= 4 is 0 Å². The molecule has 0 fully saturated rings. The molecule has 0 aliphatic carbocycles. The van der Waals surface area contributed by atoms with Crippen molar-refractivity contribution in [2.45, 2.75) is 27.3 Å². The topological polar surface area (TPSA) is 12.0 Å². The molecule has 0 spiro atoms. The van der Waals surface area contributed by atoms with Crippen molar-refractivity contribution in [1.29, 1.82) is 0 Å². The molecule has 1 aromatic rings. The van der Waals surface area contributed by atoms with Crippen molar-refractivity contribution < 1.29 is 0 Å². The van der Waals surface area contributed by atoms with E-state index in [1.54, 1.807) is 0 Å². The molecular weight excluding hydrogens is 170 g/mol. The van der Waals surface area contributed by atoms with Crippen LogP contribution in [0.1, 0.15) is 22.3 Å². The summed E-state index contributed by atoms with van der Waals surface area (Å²) in [6, 6.07) is 4.42. The number of hydrogen-bond acceptors (Lipinski definition) is 1. The fourth-order valence-electron chi connectivity index (χ4n) is 1.75. The van der Waals surface area contributed by atoms with E-state index in [2.05, 4.69) is 44.1 Å². The van der Waals surface area contributed by atoms with Gasteiger partial charge in [0.1, 0.15) is 0 Å². The van der Waals surface area contributed by atoms with Crippen LogP contribution in [0, 0.1) is 33.1 Å². The Bertz CT molecular complexity index is 335. The molecule has 0 atom stereocenters. The first-order chi connectivity index (χ1) is 6.65. The van der Waals surface area contributed by atoms with Gasteiger partial charge in [-0.3, -0.25) is 0 Å². The van der Waals surface area contributed by atoms with Gasteiger partial charge in [0.2, 0.25) is 0 Å². The summed E-state index contributed by atoms with van der Waals surface area (Å²) in [5.74, 6) is 2.58. The maximum Gasteiger partial charge on any atom is 0.0576 e. The highest BCUT2D eigenvalue weighted by Gasteiger charge is 2.02. The van der Waals surface area contributed by atoms with Gasteiger partial charge in [-0.1, -0.05) is 23.6 Å². The predicted molar refractivity (Wildman–Crippen MR) is 61.2 cm³/mol. The maximum atomic E-state index is 5.18. The summed E-state index contributed by atoms with van der Waals surface area (Å²) in [4.78, 5) is 0. The predicted octanol–water partition coefficient (Wildman–Crippen LogP) is 2.33. The highest BCUT2D eigenvalue weighted by molar-refractivity contribution is 5.37. The molecule has 1 nitrogen and oxygen atoms in total.